The van der Waals surface area contributed by atoms with Crippen molar-refractivity contribution in [2.45, 2.75) is 26.3 Å². The molecule has 0 aromatic heterocycles. The van der Waals surface area contributed by atoms with Gasteiger partial charge in [-0.2, -0.15) is 0 Å². The van der Waals surface area contributed by atoms with E-state index in [4.69, 9.17) is 4.84 Å². The number of carbonyl (C=O) groups excluding carboxylic acids is 4. The summed E-state index contributed by atoms with van der Waals surface area (Å²) in [5.74, 6) is -2.98. The Bertz CT molecular complexity index is 890. The van der Waals surface area contributed by atoms with Crippen molar-refractivity contribution in [3.63, 3.8) is 0 Å². The van der Waals surface area contributed by atoms with E-state index in [-0.39, 0.29) is 17.0 Å². The van der Waals surface area contributed by atoms with E-state index >= 15 is 0 Å². The largest absolute Gasteiger partial charge is 0.355 e. The maximum absolute atomic E-state index is 12.7. The molecule has 1 aliphatic rings. The number of hydroxylamine groups is 2. The minimum Gasteiger partial charge on any atom is -0.338 e. The van der Waals surface area contributed by atoms with E-state index in [1.807, 2.05) is 6.92 Å². The summed E-state index contributed by atoms with van der Waals surface area (Å²) in [6.07, 6.45) is 0.580. The van der Waals surface area contributed by atoms with E-state index in [2.05, 4.69) is 5.32 Å². The molecular formula is C21H20N2O5. The minimum absolute atomic E-state index is 0.175. The van der Waals surface area contributed by atoms with Crippen LogP contribution in [0, 0.1) is 5.92 Å². The van der Waals surface area contributed by atoms with Crippen molar-refractivity contribution in [1.82, 2.24) is 10.4 Å². The van der Waals surface area contributed by atoms with Crippen LogP contribution in [0.2, 0.25) is 0 Å². The van der Waals surface area contributed by atoms with E-state index in [0.717, 1.165) is 0 Å². The van der Waals surface area contributed by atoms with Gasteiger partial charge in [0.2, 0.25) is 0 Å². The summed E-state index contributed by atoms with van der Waals surface area (Å²) in [4.78, 5) is 55.1. The number of benzene rings is 2. The second-order valence-electron chi connectivity index (χ2n) is 6.56. The molecule has 2 aromatic carbocycles. The first-order chi connectivity index (χ1) is 13.4. The lowest BCUT2D eigenvalue weighted by molar-refractivity contribution is -0.172. The normalized spacial score (nSPS) is 15.0. The van der Waals surface area contributed by atoms with Crippen LogP contribution in [0.5, 0.6) is 0 Å². The molecule has 2 atom stereocenters. The molecule has 7 nitrogen and oxygen atoms in total. The molecule has 1 heterocycles. The lowest BCUT2D eigenvalue weighted by atomic mass is 9.99. The van der Waals surface area contributed by atoms with Crippen molar-refractivity contribution in [2.24, 2.45) is 5.92 Å². The van der Waals surface area contributed by atoms with Gasteiger partial charge in [0.25, 0.3) is 17.7 Å². The number of nitrogens with one attached hydrogen (secondary N) is 1. The van der Waals surface area contributed by atoms with Gasteiger partial charge in [-0.15, -0.1) is 0 Å². The fourth-order valence-corrected chi connectivity index (χ4v) is 2.88. The lowest BCUT2D eigenvalue weighted by Gasteiger charge is -2.24. The van der Waals surface area contributed by atoms with Crippen LogP contribution in [0.3, 0.4) is 0 Å². The zero-order valence-electron chi connectivity index (χ0n) is 15.5. The van der Waals surface area contributed by atoms with E-state index in [9.17, 15) is 19.2 Å². The average molecular weight is 380 g/mol. The molecular weight excluding hydrogens is 360 g/mol. The highest BCUT2D eigenvalue weighted by atomic mass is 16.7. The number of imide groups is 1. The van der Waals surface area contributed by atoms with Crippen LogP contribution in [-0.2, 0) is 9.63 Å². The third kappa shape index (κ3) is 3.64. The highest BCUT2D eigenvalue weighted by Crippen LogP contribution is 2.23. The highest BCUT2D eigenvalue weighted by molar-refractivity contribution is 6.21. The number of fused-ring (bicyclic) bond motifs is 1. The number of hydrogen-bond acceptors (Lipinski definition) is 5. The van der Waals surface area contributed by atoms with Gasteiger partial charge in [0.15, 0.2) is 0 Å². The van der Waals surface area contributed by atoms with Gasteiger partial charge in [0, 0.05) is 5.56 Å². The second-order valence-corrected chi connectivity index (χ2v) is 6.56. The van der Waals surface area contributed by atoms with Crippen molar-refractivity contribution >= 4 is 23.7 Å². The van der Waals surface area contributed by atoms with Crippen molar-refractivity contribution < 1.29 is 24.0 Å². The fourth-order valence-electron chi connectivity index (χ4n) is 2.88. The Balaban J connectivity index is 1.77. The topological polar surface area (TPSA) is 92.8 Å². The summed E-state index contributed by atoms with van der Waals surface area (Å²) >= 11 is 0. The first kappa shape index (κ1) is 19.3. The summed E-state index contributed by atoms with van der Waals surface area (Å²) < 4.78 is 0. The molecule has 2 aromatic rings. The Labute approximate surface area is 162 Å². The third-order valence-electron chi connectivity index (χ3n) is 4.73. The predicted octanol–water partition coefficient (Wildman–Crippen LogP) is 2.59. The van der Waals surface area contributed by atoms with Crippen LogP contribution >= 0.6 is 0 Å². The predicted molar refractivity (Wildman–Crippen MR) is 100 cm³/mol. The number of rotatable bonds is 6. The van der Waals surface area contributed by atoms with Crippen molar-refractivity contribution in [3.05, 3.63) is 71.3 Å². The molecule has 0 aliphatic carbocycles. The second kappa shape index (κ2) is 8.04. The van der Waals surface area contributed by atoms with Crippen LogP contribution in [0.1, 0.15) is 51.3 Å². The Morgan fingerprint density at radius 3 is 2.04 bits per heavy atom. The van der Waals surface area contributed by atoms with Gasteiger partial charge in [-0.25, -0.2) is 4.79 Å². The van der Waals surface area contributed by atoms with E-state index < -0.39 is 29.7 Å². The summed E-state index contributed by atoms with van der Waals surface area (Å²) in [7, 11) is 0. The number of hydrogen-bond donors (Lipinski definition) is 1. The maximum atomic E-state index is 12.7. The zero-order chi connectivity index (χ0) is 20.3. The molecule has 1 N–H and O–H groups in total. The quantitative estimate of drug-likeness (QED) is 0.778. The van der Waals surface area contributed by atoms with Crippen LogP contribution in [0.15, 0.2) is 54.6 Å². The fraction of sp³-hybridized carbons (Fsp3) is 0.238. The molecule has 28 heavy (non-hydrogen) atoms. The Hall–Kier alpha value is -3.48. The van der Waals surface area contributed by atoms with Gasteiger partial charge in [-0.05, 0) is 30.2 Å². The molecule has 3 rings (SSSR count). The summed E-state index contributed by atoms with van der Waals surface area (Å²) in [6.45, 7) is 3.64. The SMILES string of the molecule is CCC(C)C(NC(=O)c1ccccc1)C(=O)ON1C(=O)c2ccccc2C1=O. The maximum Gasteiger partial charge on any atom is 0.355 e. The average Bonchev–Trinajstić information content (AvgIpc) is 2.97. The summed E-state index contributed by atoms with van der Waals surface area (Å²) in [5.41, 5.74) is 0.742. The van der Waals surface area contributed by atoms with Gasteiger partial charge in [-0.1, -0.05) is 55.7 Å². The first-order valence-electron chi connectivity index (χ1n) is 8.99. The highest BCUT2D eigenvalue weighted by Gasteiger charge is 2.40. The summed E-state index contributed by atoms with van der Waals surface area (Å²) in [5, 5.41) is 3.10. The van der Waals surface area contributed by atoms with E-state index in [1.54, 1.807) is 49.4 Å². The molecule has 0 radical (unpaired) electrons. The van der Waals surface area contributed by atoms with Gasteiger partial charge >= 0.3 is 5.97 Å². The van der Waals surface area contributed by atoms with Gasteiger partial charge in [0.05, 0.1) is 11.1 Å². The molecule has 0 bridgehead atoms. The molecule has 2 unspecified atom stereocenters. The molecule has 0 saturated carbocycles. The Morgan fingerprint density at radius 2 is 1.50 bits per heavy atom. The molecule has 0 spiro atoms. The number of carbonyl (C=O) groups is 4. The lowest BCUT2D eigenvalue weighted by Crippen LogP contribution is -2.48. The van der Waals surface area contributed by atoms with Crippen molar-refractivity contribution in [2.75, 3.05) is 0 Å². The van der Waals surface area contributed by atoms with Crippen LogP contribution < -0.4 is 5.32 Å². The summed E-state index contributed by atoms with van der Waals surface area (Å²) in [6, 6.07) is 13.7. The van der Waals surface area contributed by atoms with Gasteiger partial charge in [0.1, 0.15) is 6.04 Å². The van der Waals surface area contributed by atoms with E-state index in [0.29, 0.717) is 17.0 Å². The molecule has 144 valence electrons. The van der Waals surface area contributed by atoms with Gasteiger partial charge in [-0.3, -0.25) is 14.4 Å². The standard InChI is InChI=1S/C21H20N2O5/c1-3-13(2)17(22-18(24)14-9-5-4-6-10-14)21(27)28-23-19(25)15-11-7-8-12-16(15)20(23)26/h4-13,17H,3H2,1-2H3,(H,22,24). The van der Waals surface area contributed by atoms with Crippen LogP contribution in [0.4, 0.5) is 0 Å². The monoisotopic (exact) mass is 380 g/mol. The third-order valence-corrected chi connectivity index (χ3v) is 4.73. The van der Waals surface area contributed by atoms with Gasteiger partial charge < -0.3 is 10.2 Å². The van der Waals surface area contributed by atoms with Crippen molar-refractivity contribution in [3.8, 4) is 0 Å². The number of amides is 3. The molecule has 0 fully saturated rings. The molecule has 3 amide bonds. The molecule has 1 aliphatic heterocycles. The molecule has 0 saturated heterocycles. The van der Waals surface area contributed by atoms with Crippen LogP contribution in [-0.4, -0.2) is 34.8 Å². The molecule has 7 heteroatoms. The smallest absolute Gasteiger partial charge is 0.338 e. The number of nitrogens with zero attached hydrogens (tertiary/aromatic N) is 1. The van der Waals surface area contributed by atoms with E-state index in [1.165, 1.54) is 12.1 Å². The Morgan fingerprint density at radius 1 is 0.964 bits per heavy atom. The minimum atomic E-state index is -1.01. The zero-order valence-corrected chi connectivity index (χ0v) is 15.5. The first-order valence-corrected chi connectivity index (χ1v) is 8.99. The Kier molecular flexibility index (Phi) is 5.54. The van der Waals surface area contributed by atoms with Crippen molar-refractivity contribution in [1.29, 1.82) is 0 Å². The van der Waals surface area contributed by atoms with Crippen LogP contribution in [0.25, 0.3) is 0 Å².